The number of ether oxygens (including phenoxy) is 2. The second-order valence-corrected chi connectivity index (χ2v) is 6.94. The quantitative estimate of drug-likeness (QED) is 0.570. The summed E-state index contributed by atoms with van der Waals surface area (Å²) in [5, 5.41) is 2.20. The van der Waals surface area contributed by atoms with Gasteiger partial charge >= 0.3 is 0 Å². The second kappa shape index (κ2) is 6.99. The number of anilines is 1. The number of nitrogens with zero attached hydrogens (tertiary/aromatic N) is 4. The summed E-state index contributed by atoms with van der Waals surface area (Å²) in [6.45, 7) is 1.54. The van der Waals surface area contributed by atoms with Gasteiger partial charge in [0.1, 0.15) is 29.9 Å². The number of H-pyrrole nitrogens is 1. The average molecular weight is 377 g/mol. The largest absolute Gasteiger partial charge is 0.497 e. The van der Waals surface area contributed by atoms with Gasteiger partial charge in [0.15, 0.2) is 11.5 Å². The summed E-state index contributed by atoms with van der Waals surface area (Å²) >= 11 is 0. The van der Waals surface area contributed by atoms with Gasteiger partial charge in [-0.05, 0) is 36.4 Å². The number of hydrogen-bond acceptors (Lipinski definition) is 6. The molecule has 7 heteroatoms. The lowest BCUT2D eigenvalue weighted by Gasteiger charge is -2.26. The van der Waals surface area contributed by atoms with Crippen molar-refractivity contribution in [2.75, 3.05) is 25.2 Å². The molecule has 1 saturated heterocycles. The molecule has 1 aliphatic heterocycles. The Morgan fingerprint density at radius 3 is 3.11 bits per heavy atom. The first-order chi connectivity index (χ1) is 13.8. The van der Waals surface area contributed by atoms with Gasteiger partial charge in [0.05, 0.1) is 19.5 Å². The molecule has 0 aliphatic carbocycles. The van der Waals surface area contributed by atoms with E-state index in [-0.39, 0.29) is 7.47 Å². The molecule has 0 radical (unpaired) electrons. The summed E-state index contributed by atoms with van der Waals surface area (Å²) in [4.78, 5) is 18.4. The fraction of sp³-hybridized carbons (Fsp3) is 0.286. The lowest BCUT2D eigenvalue weighted by atomic mass is 10.1. The van der Waals surface area contributed by atoms with Crippen molar-refractivity contribution in [3.63, 3.8) is 0 Å². The van der Waals surface area contributed by atoms with E-state index >= 15 is 0 Å². The molecule has 1 N–H and O–H groups in total. The van der Waals surface area contributed by atoms with E-state index in [1.165, 1.54) is 0 Å². The minimum absolute atomic E-state index is 0. The van der Waals surface area contributed by atoms with Gasteiger partial charge in [-0.1, -0.05) is 18.2 Å². The van der Waals surface area contributed by atoms with Crippen molar-refractivity contribution in [2.24, 2.45) is 0 Å². The van der Waals surface area contributed by atoms with Crippen LogP contribution in [0.25, 0.3) is 21.9 Å². The van der Waals surface area contributed by atoms with Crippen LogP contribution in [0.15, 0.2) is 49.1 Å². The molecular formula is C21H23N5O2. The number of aromatic nitrogens is 4. The molecule has 1 fully saturated rings. The van der Waals surface area contributed by atoms with Crippen molar-refractivity contribution in [3.05, 3.63) is 49.1 Å². The Labute approximate surface area is 163 Å². The molecular weight excluding hydrogens is 354 g/mol. The molecule has 4 aromatic rings. The molecule has 5 rings (SSSR count). The third-order valence-electron chi connectivity index (χ3n) is 5.33. The third-order valence-corrected chi connectivity index (χ3v) is 5.33. The predicted molar refractivity (Wildman–Crippen MR) is 110 cm³/mol. The summed E-state index contributed by atoms with van der Waals surface area (Å²) in [6.07, 6.45) is 5.41. The van der Waals surface area contributed by atoms with Gasteiger partial charge in [0, 0.05) is 13.4 Å². The zero-order chi connectivity index (χ0) is 18.9. The Bertz CT molecular complexity index is 1130. The SMILES string of the molecule is COc1ccc2cccc(OC[C@H]3CCCN3c3ncnc4nc[nH]c34)c2c1.[HH]. The lowest BCUT2D eigenvalue weighted by molar-refractivity contribution is 0.291. The van der Waals surface area contributed by atoms with Gasteiger partial charge < -0.3 is 19.4 Å². The van der Waals surface area contributed by atoms with Crippen LogP contribution in [0.5, 0.6) is 11.5 Å². The number of nitrogens with one attached hydrogen (secondary N) is 1. The van der Waals surface area contributed by atoms with Crippen molar-refractivity contribution >= 4 is 27.8 Å². The zero-order valence-corrected chi connectivity index (χ0v) is 15.6. The van der Waals surface area contributed by atoms with Crippen molar-refractivity contribution < 1.29 is 10.9 Å². The number of benzene rings is 2. The molecule has 144 valence electrons. The van der Waals surface area contributed by atoms with E-state index in [0.29, 0.717) is 12.3 Å². The maximum absolute atomic E-state index is 6.28. The number of rotatable bonds is 5. The third kappa shape index (κ3) is 2.89. The van der Waals surface area contributed by atoms with Gasteiger partial charge in [0.2, 0.25) is 0 Å². The Balaban J connectivity index is 0.00000205. The highest BCUT2D eigenvalue weighted by molar-refractivity contribution is 5.89. The van der Waals surface area contributed by atoms with Crippen LogP contribution in [0.2, 0.25) is 0 Å². The average Bonchev–Trinajstić information content (AvgIpc) is 3.40. The standard InChI is InChI=1S/C21H21N5O2.H2/c1-27-16-8-7-14-4-2-6-18(17(14)10-16)28-11-15-5-3-9-26(15)21-19-20(23-12-22-19)24-13-25-21;/h2,4,6-8,10,12-13,15H,3,5,9,11H2,1H3,(H,22,23,24,25);1H/t15-;/m1./s1. The lowest BCUT2D eigenvalue weighted by Crippen LogP contribution is -2.35. The topological polar surface area (TPSA) is 76.2 Å². The molecule has 0 unspecified atom stereocenters. The molecule has 0 bridgehead atoms. The molecule has 28 heavy (non-hydrogen) atoms. The van der Waals surface area contributed by atoms with E-state index in [4.69, 9.17) is 9.47 Å². The minimum Gasteiger partial charge on any atom is -0.497 e. The van der Waals surface area contributed by atoms with Crippen LogP contribution < -0.4 is 14.4 Å². The summed E-state index contributed by atoms with van der Waals surface area (Å²) in [5.41, 5.74) is 1.57. The molecule has 1 atom stereocenters. The first-order valence-corrected chi connectivity index (χ1v) is 9.44. The monoisotopic (exact) mass is 377 g/mol. The molecule has 0 spiro atoms. The first-order valence-electron chi connectivity index (χ1n) is 9.44. The first kappa shape index (κ1) is 16.8. The van der Waals surface area contributed by atoms with Crippen molar-refractivity contribution in [2.45, 2.75) is 18.9 Å². The minimum atomic E-state index is 0. The van der Waals surface area contributed by atoms with Gasteiger partial charge in [-0.3, -0.25) is 0 Å². The molecule has 0 saturated carbocycles. The van der Waals surface area contributed by atoms with Crippen molar-refractivity contribution in [3.8, 4) is 11.5 Å². The van der Waals surface area contributed by atoms with E-state index in [0.717, 1.165) is 53.0 Å². The van der Waals surface area contributed by atoms with E-state index in [9.17, 15) is 0 Å². The fourth-order valence-electron chi connectivity index (χ4n) is 3.92. The van der Waals surface area contributed by atoms with E-state index < -0.39 is 0 Å². The summed E-state index contributed by atoms with van der Waals surface area (Å²) in [5.74, 6) is 2.60. The van der Waals surface area contributed by atoms with E-state index in [2.05, 4.69) is 37.0 Å². The Kier molecular flexibility index (Phi) is 4.20. The number of fused-ring (bicyclic) bond motifs is 2. The predicted octanol–water partition coefficient (Wildman–Crippen LogP) is 3.81. The van der Waals surface area contributed by atoms with Crippen LogP contribution in [-0.2, 0) is 0 Å². The van der Waals surface area contributed by atoms with Crippen LogP contribution in [0.1, 0.15) is 14.3 Å². The summed E-state index contributed by atoms with van der Waals surface area (Å²) < 4.78 is 11.7. The van der Waals surface area contributed by atoms with Gasteiger partial charge in [0.25, 0.3) is 0 Å². The van der Waals surface area contributed by atoms with Crippen LogP contribution in [0.4, 0.5) is 5.82 Å². The summed E-state index contributed by atoms with van der Waals surface area (Å²) in [7, 11) is 1.68. The second-order valence-electron chi connectivity index (χ2n) is 6.94. The van der Waals surface area contributed by atoms with Crippen LogP contribution in [-0.4, -0.2) is 46.2 Å². The molecule has 1 aliphatic rings. The van der Waals surface area contributed by atoms with Gasteiger partial charge in [-0.25, -0.2) is 15.0 Å². The zero-order valence-electron chi connectivity index (χ0n) is 15.6. The van der Waals surface area contributed by atoms with E-state index in [1.807, 2.05) is 24.3 Å². The highest BCUT2D eigenvalue weighted by atomic mass is 16.5. The highest BCUT2D eigenvalue weighted by Gasteiger charge is 2.28. The Morgan fingerprint density at radius 2 is 2.18 bits per heavy atom. The molecule has 7 nitrogen and oxygen atoms in total. The molecule has 3 heterocycles. The number of methoxy groups -OCH3 is 1. The number of hydrogen-bond donors (Lipinski definition) is 1. The Morgan fingerprint density at radius 1 is 1.21 bits per heavy atom. The van der Waals surface area contributed by atoms with Crippen molar-refractivity contribution in [1.29, 1.82) is 0 Å². The molecule has 0 amide bonds. The van der Waals surface area contributed by atoms with Gasteiger partial charge in [-0.2, -0.15) is 0 Å². The molecule has 2 aromatic carbocycles. The maximum Gasteiger partial charge on any atom is 0.182 e. The smallest absolute Gasteiger partial charge is 0.182 e. The maximum atomic E-state index is 6.28. The van der Waals surface area contributed by atoms with Crippen LogP contribution in [0, 0.1) is 0 Å². The van der Waals surface area contributed by atoms with Crippen molar-refractivity contribution in [1.82, 2.24) is 19.9 Å². The summed E-state index contributed by atoms with van der Waals surface area (Å²) in [6, 6.07) is 12.4. The van der Waals surface area contributed by atoms with Gasteiger partial charge in [-0.15, -0.1) is 0 Å². The normalized spacial score (nSPS) is 16.8. The number of aromatic amines is 1. The fourth-order valence-corrected chi connectivity index (χ4v) is 3.92. The van der Waals surface area contributed by atoms with E-state index in [1.54, 1.807) is 19.8 Å². The highest BCUT2D eigenvalue weighted by Crippen LogP contribution is 2.31. The Hall–Kier alpha value is -3.35. The number of imidazole rings is 1. The molecule has 2 aromatic heterocycles. The van der Waals surface area contributed by atoms with Crippen LogP contribution in [0.3, 0.4) is 0 Å². The van der Waals surface area contributed by atoms with Crippen LogP contribution >= 0.6 is 0 Å².